The average molecular weight is 357 g/mol. The second-order valence-corrected chi connectivity index (χ2v) is 4.89. The number of rotatable bonds is 3. The zero-order chi connectivity index (χ0) is 15.6. The van der Waals surface area contributed by atoms with Crippen molar-refractivity contribution in [3.05, 3.63) is 68.2 Å². The number of halogens is 3. The summed E-state index contributed by atoms with van der Waals surface area (Å²) < 4.78 is 27.5. The molecule has 108 valence electrons. The van der Waals surface area contributed by atoms with Gasteiger partial charge in [0.25, 0.3) is 11.6 Å². The summed E-state index contributed by atoms with van der Waals surface area (Å²) in [5.74, 6) is -3.55. The molecule has 0 spiro atoms. The zero-order valence-corrected chi connectivity index (χ0v) is 11.9. The monoisotopic (exact) mass is 356 g/mol. The normalized spacial score (nSPS) is 10.2. The third kappa shape index (κ3) is 3.22. The molecular formula is C13H7BrF2N2O3. The van der Waals surface area contributed by atoms with Crippen molar-refractivity contribution in [3.8, 4) is 0 Å². The summed E-state index contributed by atoms with van der Waals surface area (Å²) in [6.07, 6.45) is 0. The number of benzene rings is 2. The largest absolute Gasteiger partial charge is 0.314 e. The maximum Gasteiger partial charge on any atom is 0.296 e. The van der Waals surface area contributed by atoms with Crippen LogP contribution in [0.2, 0.25) is 0 Å². The Labute approximate surface area is 125 Å². The van der Waals surface area contributed by atoms with Crippen LogP contribution in [0.25, 0.3) is 0 Å². The van der Waals surface area contributed by atoms with Crippen LogP contribution in [0, 0.1) is 21.7 Å². The molecule has 2 rings (SSSR count). The van der Waals surface area contributed by atoms with Gasteiger partial charge in [-0.15, -0.1) is 0 Å². The van der Waals surface area contributed by atoms with Crippen LogP contribution in [0.4, 0.5) is 20.2 Å². The number of nitro groups is 1. The molecular weight excluding hydrogens is 350 g/mol. The fourth-order valence-corrected chi connectivity index (χ4v) is 2.03. The molecule has 8 heteroatoms. The van der Waals surface area contributed by atoms with E-state index in [9.17, 15) is 23.7 Å². The van der Waals surface area contributed by atoms with Crippen LogP contribution in [0.5, 0.6) is 0 Å². The fraction of sp³-hybridized carbons (Fsp3) is 0. The van der Waals surface area contributed by atoms with Gasteiger partial charge in [0, 0.05) is 16.1 Å². The van der Waals surface area contributed by atoms with E-state index < -0.39 is 33.8 Å². The molecule has 2 aromatic rings. The Balaban J connectivity index is 2.41. The number of nitrogens with one attached hydrogen (secondary N) is 1. The summed E-state index contributed by atoms with van der Waals surface area (Å²) in [5.41, 5.74) is -1.38. The number of nitro benzene ring substituents is 1. The predicted molar refractivity (Wildman–Crippen MR) is 75.1 cm³/mol. The molecule has 0 unspecified atom stereocenters. The lowest BCUT2D eigenvalue weighted by molar-refractivity contribution is -0.384. The molecule has 0 saturated heterocycles. The lowest BCUT2D eigenvalue weighted by Crippen LogP contribution is -2.15. The number of anilines is 1. The zero-order valence-electron chi connectivity index (χ0n) is 10.3. The molecule has 1 amide bonds. The number of carbonyl (C=O) groups is 1. The van der Waals surface area contributed by atoms with Gasteiger partial charge in [0.2, 0.25) is 0 Å². The summed E-state index contributed by atoms with van der Waals surface area (Å²) in [7, 11) is 0. The molecule has 0 saturated carbocycles. The van der Waals surface area contributed by atoms with Gasteiger partial charge in [0.1, 0.15) is 0 Å². The topological polar surface area (TPSA) is 72.2 Å². The molecule has 0 radical (unpaired) electrons. The molecule has 0 aliphatic heterocycles. The van der Waals surface area contributed by atoms with E-state index in [1.807, 2.05) is 5.32 Å². The second-order valence-electron chi connectivity index (χ2n) is 3.98. The van der Waals surface area contributed by atoms with Gasteiger partial charge in [-0.2, -0.15) is 0 Å². The Morgan fingerprint density at radius 1 is 1.24 bits per heavy atom. The van der Waals surface area contributed by atoms with E-state index in [-0.39, 0.29) is 5.56 Å². The molecule has 0 aliphatic carbocycles. The van der Waals surface area contributed by atoms with E-state index in [4.69, 9.17) is 0 Å². The number of nitrogens with zero attached hydrogens (tertiary/aromatic N) is 1. The first kappa shape index (κ1) is 15.0. The minimum atomic E-state index is -1.48. The summed E-state index contributed by atoms with van der Waals surface area (Å²) in [5, 5.41) is 12.8. The molecule has 5 nitrogen and oxygen atoms in total. The van der Waals surface area contributed by atoms with E-state index in [0.717, 1.165) is 6.07 Å². The molecule has 21 heavy (non-hydrogen) atoms. The quantitative estimate of drug-likeness (QED) is 0.669. The SMILES string of the molecule is O=C(Nc1c([N+](=O)[O-])ccc(F)c1F)c1cccc(Br)c1. The summed E-state index contributed by atoms with van der Waals surface area (Å²) in [6.45, 7) is 0. The van der Waals surface area contributed by atoms with E-state index >= 15 is 0 Å². The van der Waals surface area contributed by atoms with Gasteiger partial charge < -0.3 is 5.32 Å². The van der Waals surface area contributed by atoms with E-state index in [2.05, 4.69) is 15.9 Å². The first-order chi connectivity index (χ1) is 9.90. The van der Waals surface area contributed by atoms with Crippen LogP contribution in [0.1, 0.15) is 10.4 Å². The number of hydrogen-bond acceptors (Lipinski definition) is 3. The third-order valence-corrected chi connectivity index (χ3v) is 3.09. The summed E-state index contributed by atoms with van der Waals surface area (Å²) in [4.78, 5) is 21.9. The molecule has 0 aromatic heterocycles. The number of hydrogen-bond donors (Lipinski definition) is 1. The van der Waals surface area contributed by atoms with Crippen LogP contribution in [0.15, 0.2) is 40.9 Å². The second kappa shape index (κ2) is 5.96. The fourth-order valence-electron chi connectivity index (χ4n) is 1.63. The summed E-state index contributed by atoms with van der Waals surface area (Å²) in [6, 6.07) is 7.52. The van der Waals surface area contributed by atoms with Gasteiger partial charge >= 0.3 is 0 Å². The van der Waals surface area contributed by atoms with Crippen molar-refractivity contribution in [2.75, 3.05) is 5.32 Å². The van der Waals surface area contributed by atoms with Crippen molar-refractivity contribution in [1.82, 2.24) is 0 Å². The first-order valence-corrected chi connectivity index (χ1v) is 6.38. The molecule has 0 aliphatic rings. The minimum absolute atomic E-state index is 0.141. The smallest absolute Gasteiger partial charge is 0.296 e. The van der Waals surface area contributed by atoms with Crippen LogP contribution in [-0.2, 0) is 0 Å². The van der Waals surface area contributed by atoms with Crippen molar-refractivity contribution >= 4 is 33.2 Å². The van der Waals surface area contributed by atoms with Crippen molar-refractivity contribution in [2.45, 2.75) is 0 Å². The molecule has 0 fully saturated rings. The Hall–Kier alpha value is -2.35. The number of carbonyl (C=O) groups excluding carboxylic acids is 1. The van der Waals surface area contributed by atoms with E-state index in [1.165, 1.54) is 12.1 Å². The maximum atomic E-state index is 13.7. The lowest BCUT2D eigenvalue weighted by Gasteiger charge is -2.08. The highest BCUT2D eigenvalue weighted by Crippen LogP contribution is 2.29. The van der Waals surface area contributed by atoms with Crippen LogP contribution < -0.4 is 5.32 Å². The average Bonchev–Trinajstić information content (AvgIpc) is 2.43. The highest BCUT2D eigenvalue weighted by atomic mass is 79.9. The lowest BCUT2D eigenvalue weighted by atomic mass is 10.2. The van der Waals surface area contributed by atoms with Gasteiger partial charge in [-0.3, -0.25) is 14.9 Å². The van der Waals surface area contributed by atoms with Gasteiger partial charge in [-0.25, -0.2) is 8.78 Å². The van der Waals surface area contributed by atoms with Crippen molar-refractivity contribution in [1.29, 1.82) is 0 Å². The van der Waals surface area contributed by atoms with Crippen LogP contribution in [-0.4, -0.2) is 10.8 Å². The first-order valence-electron chi connectivity index (χ1n) is 5.59. The van der Waals surface area contributed by atoms with Crippen molar-refractivity contribution in [2.24, 2.45) is 0 Å². The third-order valence-electron chi connectivity index (χ3n) is 2.59. The molecule has 0 bridgehead atoms. The van der Waals surface area contributed by atoms with Gasteiger partial charge in [-0.05, 0) is 24.3 Å². The van der Waals surface area contributed by atoms with Crippen LogP contribution >= 0.6 is 15.9 Å². The van der Waals surface area contributed by atoms with Crippen molar-refractivity contribution in [3.63, 3.8) is 0 Å². The predicted octanol–water partition coefficient (Wildman–Crippen LogP) is 3.89. The molecule has 2 aromatic carbocycles. The van der Waals surface area contributed by atoms with Crippen LogP contribution in [0.3, 0.4) is 0 Å². The standard InChI is InChI=1S/C13H7BrF2N2O3/c14-8-3-1-2-7(6-8)13(19)17-12-10(18(20)21)5-4-9(15)11(12)16/h1-6H,(H,17,19). The Morgan fingerprint density at radius 2 is 1.95 bits per heavy atom. The Morgan fingerprint density at radius 3 is 2.57 bits per heavy atom. The minimum Gasteiger partial charge on any atom is -0.314 e. The molecule has 0 atom stereocenters. The summed E-state index contributed by atoms with van der Waals surface area (Å²) >= 11 is 3.16. The Kier molecular flexibility index (Phi) is 4.27. The van der Waals surface area contributed by atoms with Gasteiger partial charge in [0.15, 0.2) is 17.3 Å². The van der Waals surface area contributed by atoms with Gasteiger partial charge in [0.05, 0.1) is 4.92 Å². The number of amides is 1. The Bertz CT molecular complexity index is 737. The van der Waals surface area contributed by atoms with Gasteiger partial charge in [-0.1, -0.05) is 22.0 Å². The van der Waals surface area contributed by atoms with E-state index in [1.54, 1.807) is 12.1 Å². The maximum absolute atomic E-state index is 13.7. The molecule has 0 heterocycles. The molecule has 1 N–H and O–H groups in total. The highest BCUT2D eigenvalue weighted by molar-refractivity contribution is 9.10. The highest BCUT2D eigenvalue weighted by Gasteiger charge is 2.23. The van der Waals surface area contributed by atoms with E-state index in [0.29, 0.717) is 10.5 Å². The van der Waals surface area contributed by atoms with Crippen molar-refractivity contribution < 1.29 is 18.5 Å².